The number of hydrogen-bond acceptors (Lipinski definition) is 8. The van der Waals surface area contributed by atoms with E-state index in [1.807, 2.05) is 13.8 Å². The van der Waals surface area contributed by atoms with Crippen molar-refractivity contribution in [3.05, 3.63) is 59.8 Å². The number of sulfonamides is 1. The molecule has 2 N–H and O–H groups in total. The van der Waals surface area contributed by atoms with Crippen molar-refractivity contribution >= 4 is 52.1 Å². The van der Waals surface area contributed by atoms with Crippen molar-refractivity contribution in [1.82, 2.24) is 14.3 Å². The first kappa shape index (κ1) is 26.0. The molecule has 0 aliphatic carbocycles. The van der Waals surface area contributed by atoms with Gasteiger partial charge in [0.1, 0.15) is 15.7 Å². The highest BCUT2D eigenvalue weighted by Gasteiger charge is 2.22. The smallest absolute Gasteiger partial charge is 0.247 e. The van der Waals surface area contributed by atoms with Crippen LogP contribution in [-0.4, -0.2) is 49.1 Å². The number of rotatable bonds is 10. The number of halogens is 1. The molecule has 0 fully saturated rings. The summed E-state index contributed by atoms with van der Waals surface area (Å²) in [5, 5.41) is 6.28. The highest BCUT2D eigenvalue weighted by Crippen LogP contribution is 2.46. The van der Waals surface area contributed by atoms with Gasteiger partial charge < -0.3 is 15.2 Å². The van der Waals surface area contributed by atoms with Crippen molar-refractivity contribution in [2.24, 2.45) is 0 Å². The summed E-state index contributed by atoms with van der Waals surface area (Å²) >= 11 is 6.28. The van der Waals surface area contributed by atoms with E-state index in [2.05, 4.69) is 20.6 Å². The van der Waals surface area contributed by atoms with Crippen LogP contribution in [0.3, 0.4) is 0 Å². The first-order valence-electron chi connectivity index (χ1n) is 10.5. The van der Waals surface area contributed by atoms with Gasteiger partial charge in [-0.1, -0.05) is 43.6 Å². The van der Waals surface area contributed by atoms with Gasteiger partial charge in [-0.05, 0) is 24.3 Å². The zero-order valence-corrected chi connectivity index (χ0v) is 21.8. The minimum absolute atomic E-state index is 0.0883. The normalized spacial score (nSPS) is 11.9. The molecule has 0 unspecified atom stereocenters. The molecular weight excluding hydrogens is 497 g/mol. The third-order valence-electron chi connectivity index (χ3n) is 4.97. The highest BCUT2D eigenvalue weighted by atomic mass is 35.5. The first-order valence-corrected chi connectivity index (χ1v) is 14.3. The average Bonchev–Trinajstić information content (AvgIpc) is 2.81. The van der Waals surface area contributed by atoms with Crippen LogP contribution in [0.2, 0.25) is 5.02 Å². The van der Waals surface area contributed by atoms with E-state index in [0.29, 0.717) is 29.4 Å². The summed E-state index contributed by atoms with van der Waals surface area (Å²) in [5.41, 5.74) is 0.952. The summed E-state index contributed by atoms with van der Waals surface area (Å²) in [6, 6.07) is 13.5. The number of aromatic nitrogens is 2. The van der Waals surface area contributed by atoms with Crippen LogP contribution in [0.1, 0.15) is 13.8 Å². The van der Waals surface area contributed by atoms with Gasteiger partial charge in [0.2, 0.25) is 23.3 Å². The van der Waals surface area contributed by atoms with Gasteiger partial charge in [0.25, 0.3) is 0 Å². The summed E-state index contributed by atoms with van der Waals surface area (Å²) in [4.78, 5) is 8.68. The summed E-state index contributed by atoms with van der Waals surface area (Å²) in [6.07, 6.45) is 2.30. The van der Waals surface area contributed by atoms with E-state index in [-0.39, 0.29) is 21.7 Å². The lowest BCUT2D eigenvalue weighted by Crippen LogP contribution is -2.23. The predicted octanol–water partition coefficient (Wildman–Crippen LogP) is 5.56. The van der Waals surface area contributed by atoms with E-state index in [1.54, 1.807) is 42.5 Å². The van der Waals surface area contributed by atoms with Gasteiger partial charge in [0.05, 0.1) is 11.9 Å². The van der Waals surface area contributed by atoms with Crippen LogP contribution < -0.4 is 15.2 Å². The molecule has 0 atom stereocenters. The lowest BCUT2D eigenvalue weighted by molar-refractivity contribution is 0.484. The molecule has 1 heterocycles. The molecule has 9 nitrogen and oxygen atoms in total. The topological polar surface area (TPSA) is 114 Å². The Labute approximate surface area is 205 Å². The van der Waals surface area contributed by atoms with E-state index in [0.717, 1.165) is 4.31 Å². The largest absolute Gasteiger partial charge is 0.443 e. The Morgan fingerprint density at radius 2 is 1.76 bits per heavy atom. The van der Waals surface area contributed by atoms with Gasteiger partial charge in [-0.25, -0.2) is 17.7 Å². The molecule has 34 heavy (non-hydrogen) atoms. The van der Waals surface area contributed by atoms with Gasteiger partial charge >= 0.3 is 0 Å². The van der Waals surface area contributed by atoms with Gasteiger partial charge in [-0.2, -0.15) is 4.98 Å². The van der Waals surface area contributed by atoms with Crippen LogP contribution in [0.5, 0.6) is 5.75 Å². The molecule has 0 radical (unpaired) electrons. The maximum Gasteiger partial charge on any atom is 0.247 e. The van der Waals surface area contributed by atoms with E-state index in [4.69, 9.17) is 16.1 Å². The number of hydrogen-bond donors (Lipinski definition) is 2. The van der Waals surface area contributed by atoms with Crippen molar-refractivity contribution in [2.75, 3.05) is 37.1 Å². The third kappa shape index (κ3) is 6.07. The van der Waals surface area contributed by atoms with E-state index in [1.165, 1.54) is 26.4 Å². The molecular formula is C22H27ClN5O4PS. The maximum absolute atomic E-state index is 12.7. The molecule has 0 amide bonds. The van der Waals surface area contributed by atoms with Crippen LogP contribution >= 0.6 is 19.0 Å². The Kier molecular flexibility index (Phi) is 8.20. The fourth-order valence-corrected chi connectivity index (χ4v) is 5.32. The van der Waals surface area contributed by atoms with Crippen molar-refractivity contribution in [3.63, 3.8) is 0 Å². The van der Waals surface area contributed by atoms with Gasteiger partial charge in [0, 0.05) is 38.2 Å². The minimum Gasteiger partial charge on any atom is -0.443 e. The maximum atomic E-state index is 12.7. The standard InChI is InChI=1S/C22H27ClN5O4PS/c1-5-33(29,6-2)32-17-11-9-10-16(14-17)25-22-24-15-18(23)21(27-22)26-19-12-7-8-13-20(19)34(30,31)28(3)4/h7-15H,5-6H2,1-4H3,(H2,24,25,26,27). The quantitative estimate of drug-likeness (QED) is 0.332. The van der Waals surface area contributed by atoms with Crippen molar-refractivity contribution < 1.29 is 17.5 Å². The van der Waals surface area contributed by atoms with E-state index < -0.39 is 17.4 Å². The number of nitrogens with zero attached hydrogens (tertiary/aromatic N) is 3. The van der Waals surface area contributed by atoms with Crippen LogP contribution in [0.4, 0.5) is 23.1 Å². The van der Waals surface area contributed by atoms with Crippen molar-refractivity contribution in [1.29, 1.82) is 0 Å². The predicted molar refractivity (Wildman–Crippen MR) is 137 cm³/mol. The molecule has 12 heteroatoms. The highest BCUT2D eigenvalue weighted by molar-refractivity contribution is 7.89. The molecule has 182 valence electrons. The second-order valence-corrected chi connectivity index (χ2v) is 13.1. The number of para-hydroxylation sites is 1. The summed E-state index contributed by atoms with van der Waals surface area (Å²) < 4.78 is 44.9. The molecule has 2 aromatic carbocycles. The lowest BCUT2D eigenvalue weighted by atomic mass is 10.3. The van der Waals surface area contributed by atoms with Crippen LogP contribution in [0.15, 0.2) is 59.6 Å². The van der Waals surface area contributed by atoms with Crippen LogP contribution in [-0.2, 0) is 14.6 Å². The van der Waals surface area contributed by atoms with Gasteiger partial charge in [0.15, 0.2) is 5.82 Å². The molecule has 3 rings (SSSR count). The van der Waals surface area contributed by atoms with Crippen molar-refractivity contribution in [2.45, 2.75) is 18.7 Å². The molecule has 0 bridgehead atoms. The second-order valence-electron chi connectivity index (χ2n) is 7.49. The summed E-state index contributed by atoms with van der Waals surface area (Å²) in [6.45, 7) is 3.68. The Morgan fingerprint density at radius 1 is 1.06 bits per heavy atom. The van der Waals surface area contributed by atoms with Gasteiger partial charge in [-0.15, -0.1) is 0 Å². The number of anilines is 4. The number of nitrogens with one attached hydrogen (secondary N) is 2. The Bertz CT molecular complexity index is 1310. The SMILES string of the molecule is CCP(=O)(CC)Oc1cccc(Nc2ncc(Cl)c(Nc3ccccc3S(=O)(=O)N(C)C)n2)c1. The fraction of sp³-hybridized carbons (Fsp3) is 0.273. The molecule has 0 saturated heterocycles. The molecule has 3 aromatic rings. The summed E-state index contributed by atoms with van der Waals surface area (Å²) in [5.74, 6) is 0.938. The Hall–Kier alpha value is -2.65. The minimum atomic E-state index is -3.69. The molecule has 1 aromatic heterocycles. The Morgan fingerprint density at radius 3 is 2.44 bits per heavy atom. The monoisotopic (exact) mass is 523 g/mol. The third-order valence-corrected chi connectivity index (χ3v) is 9.59. The first-order chi connectivity index (χ1) is 16.1. The molecule has 0 spiro atoms. The molecule has 0 saturated carbocycles. The van der Waals surface area contributed by atoms with Gasteiger partial charge in [-0.3, -0.25) is 4.57 Å². The fourth-order valence-electron chi connectivity index (χ4n) is 2.94. The van der Waals surface area contributed by atoms with E-state index in [9.17, 15) is 13.0 Å². The summed E-state index contributed by atoms with van der Waals surface area (Å²) in [7, 11) is -3.49. The lowest BCUT2D eigenvalue weighted by Gasteiger charge is -2.17. The molecule has 0 aliphatic rings. The Balaban J connectivity index is 1.87. The number of benzene rings is 2. The zero-order valence-electron chi connectivity index (χ0n) is 19.3. The van der Waals surface area contributed by atoms with E-state index >= 15 is 0 Å². The van der Waals surface area contributed by atoms with Crippen molar-refractivity contribution in [3.8, 4) is 5.75 Å². The van der Waals surface area contributed by atoms with Crippen LogP contribution in [0.25, 0.3) is 0 Å². The average molecular weight is 524 g/mol. The zero-order chi connectivity index (χ0) is 24.9. The molecule has 0 aliphatic heterocycles. The second kappa shape index (κ2) is 10.7. The van der Waals surface area contributed by atoms with Crippen LogP contribution in [0, 0.1) is 0 Å².